The fraction of sp³-hybridized carbons (Fsp3) is 0.250. The largest absolute Gasteiger partial charge is 0.489 e. The van der Waals surface area contributed by atoms with Gasteiger partial charge in [-0.15, -0.1) is 0 Å². The molecule has 1 N–H and O–H groups in total. The van der Waals surface area contributed by atoms with Crippen LogP contribution in [0.4, 0.5) is 0 Å². The van der Waals surface area contributed by atoms with Crippen LogP contribution in [0, 0.1) is 0 Å². The summed E-state index contributed by atoms with van der Waals surface area (Å²) in [4.78, 5) is 12.2. The van der Waals surface area contributed by atoms with E-state index in [0.29, 0.717) is 13.2 Å². The first-order valence-electron chi connectivity index (χ1n) is 8.36. The minimum Gasteiger partial charge on any atom is -0.489 e. The summed E-state index contributed by atoms with van der Waals surface area (Å²) < 4.78 is 20.2. The van der Waals surface area contributed by atoms with Crippen molar-refractivity contribution in [3.05, 3.63) is 70.0 Å². The van der Waals surface area contributed by atoms with Crippen LogP contribution in [0.1, 0.15) is 25.0 Å². The summed E-state index contributed by atoms with van der Waals surface area (Å²) in [6, 6.07) is 15.3. The summed E-state index contributed by atoms with van der Waals surface area (Å²) in [7, 11) is 0. The van der Waals surface area contributed by atoms with Crippen molar-refractivity contribution in [2.45, 2.75) is 32.8 Å². The van der Waals surface area contributed by atoms with Gasteiger partial charge in [-0.2, -0.15) is 0 Å². The second-order valence-electron chi connectivity index (χ2n) is 6.57. The Balaban J connectivity index is 1.47. The summed E-state index contributed by atoms with van der Waals surface area (Å²) in [5.74, 6) is 1.01. The van der Waals surface area contributed by atoms with Crippen molar-refractivity contribution < 1.29 is 14.2 Å². The number of benzene rings is 2. The number of fused-ring (bicyclic) bond motifs is 1. The molecule has 3 aromatic rings. The van der Waals surface area contributed by atoms with Gasteiger partial charge in [-0.3, -0.25) is 9.17 Å². The van der Waals surface area contributed by atoms with Crippen molar-refractivity contribution >= 4 is 11.5 Å². The second-order valence-corrected chi connectivity index (χ2v) is 7.42. The van der Waals surface area contributed by atoms with E-state index in [4.69, 9.17) is 14.2 Å². The van der Waals surface area contributed by atoms with Crippen molar-refractivity contribution in [3.8, 4) is 21.9 Å². The van der Waals surface area contributed by atoms with E-state index in [9.17, 15) is 4.79 Å². The molecule has 1 aliphatic rings. The Labute approximate surface area is 155 Å². The Morgan fingerprint density at radius 1 is 1.19 bits per heavy atom. The summed E-state index contributed by atoms with van der Waals surface area (Å²) in [5.41, 5.74) is 2.99. The number of ether oxygens (including phenoxy) is 3. The molecular formula is C20H19NO4S. The SMILES string of the molecule is CC1(C)OCc2c(COc3ccc(-c4cc(=O)[nH]s4)cc3)cccc2O1. The Morgan fingerprint density at radius 3 is 2.73 bits per heavy atom. The van der Waals surface area contributed by atoms with Crippen LogP contribution in [0.25, 0.3) is 10.4 Å². The molecule has 4 rings (SSSR count). The van der Waals surface area contributed by atoms with Crippen molar-refractivity contribution in [1.82, 2.24) is 4.37 Å². The van der Waals surface area contributed by atoms with Gasteiger partial charge in [-0.25, -0.2) is 0 Å². The molecule has 0 atom stereocenters. The van der Waals surface area contributed by atoms with E-state index in [1.54, 1.807) is 6.07 Å². The molecule has 0 unspecified atom stereocenters. The van der Waals surface area contributed by atoms with Crippen molar-refractivity contribution in [3.63, 3.8) is 0 Å². The highest BCUT2D eigenvalue weighted by Gasteiger charge is 2.28. The zero-order valence-corrected chi connectivity index (χ0v) is 15.4. The molecule has 2 heterocycles. The highest BCUT2D eigenvalue weighted by Crippen LogP contribution is 2.33. The maximum Gasteiger partial charge on any atom is 0.258 e. The number of nitrogens with one attached hydrogen (secondary N) is 1. The maximum absolute atomic E-state index is 11.3. The van der Waals surface area contributed by atoms with Gasteiger partial charge >= 0.3 is 0 Å². The molecule has 0 aliphatic carbocycles. The Bertz CT molecular complexity index is 972. The average Bonchev–Trinajstić information content (AvgIpc) is 3.05. The first kappa shape index (κ1) is 16.9. The fourth-order valence-electron chi connectivity index (χ4n) is 2.85. The van der Waals surface area contributed by atoms with Gasteiger partial charge in [0, 0.05) is 25.5 Å². The normalized spacial score (nSPS) is 15.2. The minimum absolute atomic E-state index is 0.0770. The van der Waals surface area contributed by atoms with Crippen molar-refractivity contribution in [2.75, 3.05) is 0 Å². The lowest BCUT2D eigenvalue weighted by atomic mass is 10.1. The third-order valence-electron chi connectivity index (χ3n) is 4.21. The van der Waals surface area contributed by atoms with Gasteiger partial charge in [0.1, 0.15) is 18.1 Å². The van der Waals surface area contributed by atoms with E-state index < -0.39 is 5.79 Å². The molecule has 5 nitrogen and oxygen atoms in total. The highest BCUT2D eigenvalue weighted by molar-refractivity contribution is 7.09. The van der Waals surface area contributed by atoms with Crippen LogP contribution in [-0.2, 0) is 18.0 Å². The molecule has 0 bridgehead atoms. The predicted octanol–water partition coefficient (Wildman–Crippen LogP) is 4.33. The van der Waals surface area contributed by atoms with Gasteiger partial charge in [0.2, 0.25) is 5.79 Å². The average molecular weight is 369 g/mol. The fourth-order valence-corrected chi connectivity index (χ4v) is 3.54. The molecule has 0 amide bonds. The van der Waals surface area contributed by atoms with Gasteiger partial charge in [0.15, 0.2) is 0 Å². The van der Waals surface area contributed by atoms with Crippen LogP contribution < -0.4 is 15.0 Å². The molecular weight excluding hydrogens is 350 g/mol. The van der Waals surface area contributed by atoms with Crippen LogP contribution in [0.15, 0.2) is 53.3 Å². The molecule has 134 valence electrons. The molecule has 0 saturated heterocycles. The third kappa shape index (κ3) is 3.52. The molecule has 0 saturated carbocycles. The number of aromatic nitrogens is 1. The number of H-pyrrole nitrogens is 1. The molecule has 0 radical (unpaired) electrons. The Hall–Kier alpha value is -2.57. The van der Waals surface area contributed by atoms with Crippen LogP contribution in [0.3, 0.4) is 0 Å². The zero-order valence-electron chi connectivity index (χ0n) is 14.6. The maximum atomic E-state index is 11.3. The van der Waals surface area contributed by atoms with E-state index in [2.05, 4.69) is 4.37 Å². The van der Waals surface area contributed by atoms with Crippen LogP contribution in [-0.4, -0.2) is 10.2 Å². The zero-order chi connectivity index (χ0) is 18.1. The van der Waals surface area contributed by atoms with Gasteiger partial charge < -0.3 is 14.2 Å². The second kappa shape index (κ2) is 6.63. The summed E-state index contributed by atoms with van der Waals surface area (Å²) >= 11 is 1.33. The quantitative estimate of drug-likeness (QED) is 0.744. The van der Waals surface area contributed by atoms with Crippen molar-refractivity contribution in [2.24, 2.45) is 0 Å². The molecule has 1 aromatic heterocycles. The first-order chi connectivity index (χ1) is 12.5. The van der Waals surface area contributed by atoms with Gasteiger partial charge in [-0.1, -0.05) is 23.7 Å². The number of rotatable bonds is 4. The van der Waals surface area contributed by atoms with Crippen LogP contribution in [0.2, 0.25) is 0 Å². The van der Waals surface area contributed by atoms with E-state index in [-0.39, 0.29) is 5.56 Å². The smallest absolute Gasteiger partial charge is 0.258 e. The standard InChI is InChI=1S/C20H19NO4S/c1-20(2)24-12-16-14(4-3-5-17(16)25-20)11-23-15-8-6-13(7-9-15)18-10-19(22)21-26-18/h3-10H,11-12H2,1-2H3,(H,21,22). The Kier molecular flexibility index (Phi) is 4.30. The predicted molar refractivity (Wildman–Crippen MR) is 101 cm³/mol. The molecule has 2 aromatic carbocycles. The lowest BCUT2D eigenvalue weighted by Crippen LogP contribution is -2.35. The van der Waals surface area contributed by atoms with Crippen LogP contribution >= 0.6 is 11.5 Å². The highest BCUT2D eigenvalue weighted by atomic mass is 32.1. The van der Waals surface area contributed by atoms with Gasteiger partial charge in [0.25, 0.3) is 5.56 Å². The summed E-state index contributed by atoms with van der Waals surface area (Å²) in [5, 5.41) is 0. The topological polar surface area (TPSA) is 60.5 Å². The summed E-state index contributed by atoms with van der Waals surface area (Å²) in [6.45, 7) is 4.75. The van der Waals surface area contributed by atoms with E-state index in [1.165, 1.54) is 11.5 Å². The van der Waals surface area contributed by atoms with Crippen molar-refractivity contribution in [1.29, 1.82) is 0 Å². The number of aromatic amines is 1. The lowest BCUT2D eigenvalue weighted by molar-refractivity contribution is -0.180. The van der Waals surface area contributed by atoms with Gasteiger partial charge in [-0.05, 0) is 41.5 Å². The van der Waals surface area contributed by atoms with Gasteiger partial charge in [0.05, 0.1) is 11.5 Å². The Morgan fingerprint density at radius 2 is 2.00 bits per heavy atom. The van der Waals surface area contributed by atoms with E-state index in [1.807, 2.05) is 56.3 Å². The third-order valence-corrected chi connectivity index (χ3v) is 5.08. The van der Waals surface area contributed by atoms with Crippen LogP contribution in [0.5, 0.6) is 11.5 Å². The molecule has 1 aliphatic heterocycles. The molecule has 0 fully saturated rings. The number of hydrogen-bond donors (Lipinski definition) is 1. The molecule has 0 spiro atoms. The molecule has 26 heavy (non-hydrogen) atoms. The monoisotopic (exact) mass is 369 g/mol. The number of hydrogen-bond acceptors (Lipinski definition) is 5. The lowest BCUT2D eigenvalue weighted by Gasteiger charge is -2.33. The first-order valence-corrected chi connectivity index (χ1v) is 9.17. The van der Waals surface area contributed by atoms with E-state index >= 15 is 0 Å². The summed E-state index contributed by atoms with van der Waals surface area (Å²) in [6.07, 6.45) is 0. The van der Waals surface area contributed by atoms with E-state index in [0.717, 1.165) is 33.1 Å². The minimum atomic E-state index is -0.606. The molecule has 6 heteroatoms.